The van der Waals surface area contributed by atoms with Crippen LogP contribution in [0.1, 0.15) is 59.8 Å². The summed E-state index contributed by atoms with van der Waals surface area (Å²) in [7, 11) is 0. The Labute approximate surface area is 122 Å². The Bertz CT molecular complexity index is 284. The monoisotopic (exact) mass is 286 g/mol. The molecule has 0 radical (unpaired) electrons. The van der Waals surface area contributed by atoms with Gasteiger partial charge in [-0.25, -0.2) is 0 Å². The molecular weight excluding hydrogens is 256 g/mol. The lowest BCUT2D eigenvalue weighted by atomic mass is 10.0. The highest BCUT2D eigenvalue weighted by Gasteiger charge is 2.41. The molecular formula is C15H30N2OS. The van der Waals surface area contributed by atoms with Gasteiger partial charge in [0.15, 0.2) is 0 Å². The zero-order valence-corrected chi connectivity index (χ0v) is 14.0. The molecule has 1 heterocycles. The molecule has 1 N–H and O–H groups in total. The Kier molecular flexibility index (Phi) is 6.67. The molecule has 2 unspecified atom stereocenters. The number of nitrogens with zero attached hydrogens (tertiary/aromatic N) is 1. The summed E-state index contributed by atoms with van der Waals surface area (Å²) >= 11 is 1.91. The van der Waals surface area contributed by atoms with Crippen molar-refractivity contribution in [2.24, 2.45) is 0 Å². The Morgan fingerprint density at radius 3 is 2.32 bits per heavy atom. The molecule has 1 aliphatic heterocycles. The van der Waals surface area contributed by atoms with E-state index in [1.165, 1.54) is 0 Å². The van der Waals surface area contributed by atoms with Crippen LogP contribution in [-0.2, 0) is 4.79 Å². The van der Waals surface area contributed by atoms with E-state index in [-0.39, 0.29) is 17.0 Å². The van der Waals surface area contributed by atoms with Crippen LogP contribution in [-0.4, -0.2) is 40.6 Å². The van der Waals surface area contributed by atoms with Crippen LogP contribution in [0.25, 0.3) is 0 Å². The van der Waals surface area contributed by atoms with Gasteiger partial charge in [-0.05, 0) is 31.9 Å². The zero-order valence-electron chi connectivity index (χ0n) is 13.2. The SMILES string of the molecule is CCCC1NC(CC)C(=O)N1CC(CC)(CC)SC. The molecule has 19 heavy (non-hydrogen) atoms. The third kappa shape index (κ3) is 3.66. The predicted molar refractivity (Wildman–Crippen MR) is 84.5 cm³/mol. The fourth-order valence-corrected chi connectivity index (χ4v) is 3.72. The number of rotatable bonds is 8. The summed E-state index contributed by atoms with van der Waals surface area (Å²) in [5.41, 5.74) is 0. The molecule has 1 amide bonds. The van der Waals surface area contributed by atoms with E-state index in [2.05, 4.69) is 44.2 Å². The summed E-state index contributed by atoms with van der Waals surface area (Å²) in [5.74, 6) is 0.307. The smallest absolute Gasteiger partial charge is 0.241 e. The lowest BCUT2D eigenvalue weighted by Crippen LogP contribution is -2.46. The molecule has 1 rings (SSSR count). The first kappa shape index (κ1) is 16.8. The number of hydrogen-bond donors (Lipinski definition) is 1. The van der Waals surface area contributed by atoms with Gasteiger partial charge in [0.05, 0.1) is 12.2 Å². The van der Waals surface area contributed by atoms with Crippen molar-refractivity contribution in [3.8, 4) is 0 Å². The quantitative estimate of drug-likeness (QED) is 0.743. The summed E-state index contributed by atoms with van der Waals surface area (Å²) in [6, 6.07) is 0.0322. The minimum atomic E-state index is 0.0322. The Morgan fingerprint density at radius 1 is 1.26 bits per heavy atom. The van der Waals surface area contributed by atoms with Gasteiger partial charge in [0.2, 0.25) is 5.91 Å². The van der Waals surface area contributed by atoms with Gasteiger partial charge in [0.1, 0.15) is 0 Å². The summed E-state index contributed by atoms with van der Waals surface area (Å²) in [6.45, 7) is 9.63. The first-order valence-corrected chi connectivity index (χ1v) is 8.91. The normalized spacial score (nSPS) is 24.3. The average molecular weight is 286 g/mol. The van der Waals surface area contributed by atoms with Crippen LogP contribution in [0.5, 0.6) is 0 Å². The molecule has 1 saturated heterocycles. The Hall–Kier alpha value is -0.220. The van der Waals surface area contributed by atoms with E-state index >= 15 is 0 Å². The number of carbonyl (C=O) groups is 1. The van der Waals surface area contributed by atoms with E-state index in [1.807, 2.05) is 11.8 Å². The van der Waals surface area contributed by atoms with Crippen molar-refractivity contribution in [2.75, 3.05) is 12.8 Å². The zero-order chi connectivity index (χ0) is 14.5. The van der Waals surface area contributed by atoms with E-state index < -0.39 is 0 Å². The first-order chi connectivity index (χ1) is 9.07. The number of nitrogens with one attached hydrogen (secondary N) is 1. The van der Waals surface area contributed by atoms with Gasteiger partial charge >= 0.3 is 0 Å². The van der Waals surface area contributed by atoms with E-state index in [0.29, 0.717) is 5.91 Å². The van der Waals surface area contributed by atoms with Crippen molar-refractivity contribution in [3.05, 3.63) is 0 Å². The second-order valence-corrected chi connectivity index (χ2v) is 6.77. The van der Waals surface area contributed by atoms with E-state index in [9.17, 15) is 4.79 Å². The summed E-state index contributed by atoms with van der Waals surface area (Å²) in [6.07, 6.45) is 7.70. The second-order valence-electron chi connectivity index (χ2n) is 5.49. The van der Waals surface area contributed by atoms with Crippen LogP contribution in [0, 0.1) is 0 Å². The Morgan fingerprint density at radius 2 is 1.89 bits per heavy atom. The largest absolute Gasteiger partial charge is 0.324 e. The standard InChI is InChI=1S/C15H30N2OS/c1-6-10-13-16-12(7-2)14(18)17(13)11-15(8-3,9-4)19-5/h12-13,16H,6-11H2,1-5H3. The lowest BCUT2D eigenvalue weighted by Gasteiger charge is -2.36. The van der Waals surface area contributed by atoms with Gasteiger partial charge in [-0.1, -0.05) is 34.1 Å². The number of amides is 1. The molecule has 2 atom stereocenters. The molecule has 4 heteroatoms. The number of carbonyl (C=O) groups excluding carboxylic acids is 1. The molecule has 3 nitrogen and oxygen atoms in total. The molecule has 112 valence electrons. The molecule has 1 fully saturated rings. The van der Waals surface area contributed by atoms with Crippen LogP contribution < -0.4 is 5.32 Å². The van der Waals surface area contributed by atoms with Crippen LogP contribution in [0.2, 0.25) is 0 Å². The van der Waals surface area contributed by atoms with Gasteiger partial charge in [-0.2, -0.15) is 11.8 Å². The first-order valence-electron chi connectivity index (χ1n) is 7.69. The van der Waals surface area contributed by atoms with Crippen molar-refractivity contribution >= 4 is 17.7 Å². The highest BCUT2D eigenvalue weighted by Crippen LogP contribution is 2.33. The maximum absolute atomic E-state index is 12.5. The van der Waals surface area contributed by atoms with Gasteiger partial charge in [-0.3, -0.25) is 10.1 Å². The summed E-state index contributed by atoms with van der Waals surface area (Å²) < 4.78 is 0.214. The van der Waals surface area contributed by atoms with E-state index in [1.54, 1.807) is 0 Å². The molecule has 0 bridgehead atoms. The maximum Gasteiger partial charge on any atom is 0.241 e. The summed E-state index contributed by atoms with van der Waals surface area (Å²) in [4.78, 5) is 14.6. The van der Waals surface area contributed by atoms with Crippen LogP contribution >= 0.6 is 11.8 Å². The van der Waals surface area contributed by atoms with E-state index in [4.69, 9.17) is 0 Å². The molecule has 0 spiro atoms. The minimum absolute atomic E-state index is 0.0322. The molecule has 1 aliphatic rings. The number of hydrogen-bond acceptors (Lipinski definition) is 3. The fraction of sp³-hybridized carbons (Fsp3) is 0.933. The maximum atomic E-state index is 12.5. The highest BCUT2D eigenvalue weighted by molar-refractivity contribution is 8.00. The molecule has 0 saturated carbocycles. The van der Waals surface area contributed by atoms with Gasteiger partial charge in [0, 0.05) is 11.3 Å². The van der Waals surface area contributed by atoms with Crippen molar-refractivity contribution in [2.45, 2.75) is 76.8 Å². The topological polar surface area (TPSA) is 32.3 Å². The van der Waals surface area contributed by atoms with Crippen molar-refractivity contribution in [1.29, 1.82) is 0 Å². The van der Waals surface area contributed by atoms with Crippen LogP contribution in [0.3, 0.4) is 0 Å². The third-order valence-corrected chi connectivity index (χ3v) is 6.07. The van der Waals surface area contributed by atoms with Gasteiger partial charge in [0.25, 0.3) is 0 Å². The average Bonchev–Trinajstić information content (AvgIpc) is 2.73. The van der Waals surface area contributed by atoms with Crippen molar-refractivity contribution in [1.82, 2.24) is 10.2 Å². The summed E-state index contributed by atoms with van der Waals surface area (Å²) in [5, 5.41) is 3.50. The Balaban J connectivity index is 2.84. The number of thioether (sulfide) groups is 1. The van der Waals surface area contributed by atoms with Crippen molar-refractivity contribution < 1.29 is 4.79 Å². The highest BCUT2D eigenvalue weighted by atomic mass is 32.2. The molecule has 0 aromatic carbocycles. The van der Waals surface area contributed by atoms with Gasteiger partial charge in [-0.15, -0.1) is 0 Å². The van der Waals surface area contributed by atoms with Crippen LogP contribution in [0.4, 0.5) is 0 Å². The van der Waals surface area contributed by atoms with Crippen LogP contribution in [0.15, 0.2) is 0 Å². The van der Waals surface area contributed by atoms with Gasteiger partial charge < -0.3 is 4.90 Å². The molecule has 0 aromatic rings. The second kappa shape index (κ2) is 7.53. The predicted octanol–water partition coefficient (Wildman–Crippen LogP) is 3.24. The lowest BCUT2D eigenvalue weighted by molar-refractivity contribution is -0.130. The van der Waals surface area contributed by atoms with E-state index in [0.717, 1.165) is 38.6 Å². The molecule has 0 aromatic heterocycles. The third-order valence-electron chi connectivity index (χ3n) is 4.50. The van der Waals surface area contributed by atoms with Crippen molar-refractivity contribution in [3.63, 3.8) is 0 Å². The fourth-order valence-electron chi connectivity index (χ4n) is 2.88. The minimum Gasteiger partial charge on any atom is -0.324 e. The molecule has 0 aliphatic carbocycles.